The lowest BCUT2D eigenvalue weighted by atomic mass is 9.91. The summed E-state index contributed by atoms with van der Waals surface area (Å²) in [7, 11) is 0. The number of hydrogen-bond acceptors (Lipinski definition) is 3. The lowest BCUT2D eigenvalue weighted by molar-refractivity contribution is 0.266. The molecule has 3 rings (SSSR count). The molecule has 13 heavy (non-hydrogen) atoms. The SMILES string of the molecule is c1nnn(C2CCC2)c1C1CNC1. The highest BCUT2D eigenvalue weighted by atomic mass is 15.4. The van der Waals surface area contributed by atoms with E-state index in [1.54, 1.807) is 0 Å². The Balaban J connectivity index is 1.86. The molecule has 0 aromatic carbocycles. The Morgan fingerprint density at radius 1 is 1.38 bits per heavy atom. The van der Waals surface area contributed by atoms with E-state index in [9.17, 15) is 0 Å². The van der Waals surface area contributed by atoms with Crippen LogP contribution in [0.25, 0.3) is 0 Å². The van der Waals surface area contributed by atoms with Crippen molar-refractivity contribution in [1.82, 2.24) is 20.3 Å². The Labute approximate surface area is 77.3 Å². The Kier molecular flexibility index (Phi) is 1.62. The van der Waals surface area contributed by atoms with Crippen molar-refractivity contribution >= 4 is 0 Å². The second kappa shape index (κ2) is 2.80. The summed E-state index contributed by atoms with van der Waals surface area (Å²) >= 11 is 0. The first-order valence-corrected chi connectivity index (χ1v) is 5.06. The van der Waals surface area contributed by atoms with Gasteiger partial charge in [0, 0.05) is 19.0 Å². The smallest absolute Gasteiger partial charge is 0.0729 e. The molecule has 1 saturated heterocycles. The van der Waals surface area contributed by atoms with Crippen LogP contribution in [-0.4, -0.2) is 28.1 Å². The molecule has 4 nitrogen and oxygen atoms in total. The van der Waals surface area contributed by atoms with Crippen LogP contribution in [0.3, 0.4) is 0 Å². The van der Waals surface area contributed by atoms with E-state index in [0.717, 1.165) is 13.1 Å². The highest BCUT2D eigenvalue weighted by Crippen LogP contribution is 2.33. The molecule has 0 bridgehead atoms. The number of hydrogen-bond donors (Lipinski definition) is 1. The van der Waals surface area contributed by atoms with Crippen molar-refractivity contribution in [2.24, 2.45) is 0 Å². The van der Waals surface area contributed by atoms with Gasteiger partial charge in [-0.25, -0.2) is 4.68 Å². The van der Waals surface area contributed by atoms with Crippen LogP contribution < -0.4 is 5.32 Å². The fourth-order valence-electron chi connectivity index (χ4n) is 1.96. The molecule has 2 heterocycles. The fraction of sp³-hybridized carbons (Fsp3) is 0.778. The number of aromatic nitrogens is 3. The Morgan fingerprint density at radius 2 is 2.23 bits per heavy atom. The Bertz CT molecular complexity index is 270. The van der Waals surface area contributed by atoms with Crippen LogP contribution >= 0.6 is 0 Å². The summed E-state index contributed by atoms with van der Waals surface area (Å²) in [5.74, 6) is 0.663. The molecule has 0 amide bonds. The van der Waals surface area contributed by atoms with Gasteiger partial charge in [-0.2, -0.15) is 0 Å². The van der Waals surface area contributed by atoms with Gasteiger partial charge in [0.15, 0.2) is 0 Å². The van der Waals surface area contributed by atoms with Gasteiger partial charge in [-0.05, 0) is 19.3 Å². The summed E-state index contributed by atoms with van der Waals surface area (Å²) in [5, 5.41) is 11.5. The molecular weight excluding hydrogens is 164 g/mol. The van der Waals surface area contributed by atoms with Crippen LogP contribution in [0.2, 0.25) is 0 Å². The summed E-state index contributed by atoms with van der Waals surface area (Å²) in [6.45, 7) is 2.19. The minimum Gasteiger partial charge on any atom is -0.315 e. The van der Waals surface area contributed by atoms with Gasteiger partial charge in [0.05, 0.1) is 17.9 Å². The van der Waals surface area contributed by atoms with Crippen molar-refractivity contribution in [2.45, 2.75) is 31.2 Å². The van der Waals surface area contributed by atoms with E-state index in [-0.39, 0.29) is 0 Å². The normalized spacial score (nSPS) is 24.0. The quantitative estimate of drug-likeness (QED) is 0.724. The van der Waals surface area contributed by atoms with Gasteiger partial charge in [-0.15, -0.1) is 5.10 Å². The molecule has 70 valence electrons. The summed E-state index contributed by atoms with van der Waals surface area (Å²) in [4.78, 5) is 0. The van der Waals surface area contributed by atoms with E-state index in [2.05, 4.69) is 20.3 Å². The van der Waals surface area contributed by atoms with Crippen molar-refractivity contribution in [1.29, 1.82) is 0 Å². The van der Waals surface area contributed by atoms with Gasteiger partial charge < -0.3 is 5.32 Å². The highest BCUT2D eigenvalue weighted by Gasteiger charge is 2.28. The molecule has 0 atom stereocenters. The zero-order chi connectivity index (χ0) is 8.67. The number of rotatable bonds is 2. The second-order valence-electron chi connectivity index (χ2n) is 4.04. The largest absolute Gasteiger partial charge is 0.315 e. The van der Waals surface area contributed by atoms with Gasteiger partial charge in [0.1, 0.15) is 0 Å². The molecule has 0 unspecified atom stereocenters. The van der Waals surface area contributed by atoms with E-state index in [1.807, 2.05) is 6.20 Å². The molecular formula is C9H14N4. The van der Waals surface area contributed by atoms with Crippen LogP contribution in [0, 0.1) is 0 Å². The first kappa shape index (κ1) is 7.50. The monoisotopic (exact) mass is 178 g/mol. The second-order valence-corrected chi connectivity index (χ2v) is 4.04. The molecule has 2 aliphatic rings. The van der Waals surface area contributed by atoms with Crippen molar-refractivity contribution in [2.75, 3.05) is 13.1 Å². The highest BCUT2D eigenvalue weighted by molar-refractivity contribution is 5.10. The van der Waals surface area contributed by atoms with Crippen LogP contribution in [-0.2, 0) is 0 Å². The average molecular weight is 178 g/mol. The lowest BCUT2D eigenvalue weighted by Gasteiger charge is -2.32. The maximum atomic E-state index is 4.18. The van der Waals surface area contributed by atoms with Crippen LogP contribution in [0.15, 0.2) is 6.20 Å². The minimum atomic E-state index is 0.651. The molecule has 1 aliphatic carbocycles. The molecule has 1 aromatic rings. The summed E-state index contributed by atoms with van der Waals surface area (Å²) in [5.41, 5.74) is 1.34. The van der Waals surface area contributed by atoms with E-state index in [0.29, 0.717) is 12.0 Å². The van der Waals surface area contributed by atoms with Crippen LogP contribution in [0.4, 0.5) is 0 Å². The maximum absolute atomic E-state index is 4.18. The van der Waals surface area contributed by atoms with Gasteiger partial charge >= 0.3 is 0 Å². The molecule has 2 fully saturated rings. The average Bonchev–Trinajstić information content (AvgIpc) is 2.30. The molecule has 1 saturated carbocycles. The predicted octanol–water partition coefficient (Wildman–Crippen LogP) is 0.690. The predicted molar refractivity (Wildman–Crippen MR) is 48.5 cm³/mol. The maximum Gasteiger partial charge on any atom is 0.0729 e. The molecule has 0 radical (unpaired) electrons. The summed E-state index contributed by atoms with van der Waals surface area (Å²) in [6, 6.07) is 0.651. The van der Waals surface area contributed by atoms with E-state index >= 15 is 0 Å². The van der Waals surface area contributed by atoms with Crippen molar-refractivity contribution < 1.29 is 0 Å². The topological polar surface area (TPSA) is 42.7 Å². The molecule has 1 aliphatic heterocycles. The van der Waals surface area contributed by atoms with Crippen molar-refractivity contribution in [3.8, 4) is 0 Å². The Hall–Kier alpha value is -0.900. The van der Waals surface area contributed by atoms with E-state index < -0.39 is 0 Å². The first-order chi connectivity index (χ1) is 6.45. The molecule has 1 aromatic heterocycles. The van der Waals surface area contributed by atoms with Gasteiger partial charge in [-0.3, -0.25) is 0 Å². The lowest BCUT2D eigenvalue weighted by Crippen LogP contribution is -2.41. The van der Waals surface area contributed by atoms with Gasteiger partial charge in [-0.1, -0.05) is 5.21 Å². The third-order valence-electron chi connectivity index (χ3n) is 3.22. The van der Waals surface area contributed by atoms with Crippen molar-refractivity contribution in [3.63, 3.8) is 0 Å². The standard InChI is InChI=1S/C9H14N4/c1-2-8(3-1)13-9(6-11-12-13)7-4-10-5-7/h6-8,10H,1-5H2. The first-order valence-electron chi connectivity index (χ1n) is 5.06. The van der Waals surface area contributed by atoms with Crippen molar-refractivity contribution in [3.05, 3.63) is 11.9 Å². The zero-order valence-electron chi connectivity index (χ0n) is 7.61. The van der Waals surface area contributed by atoms with Gasteiger partial charge in [0.25, 0.3) is 0 Å². The van der Waals surface area contributed by atoms with Gasteiger partial charge in [0.2, 0.25) is 0 Å². The summed E-state index contributed by atoms with van der Waals surface area (Å²) in [6.07, 6.45) is 5.86. The zero-order valence-corrected chi connectivity index (χ0v) is 7.61. The molecule has 0 spiro atoms. The summed E-state index contributed by atoms with van der Waals surface area (Å²) < 4.78 is 2.15. The fourth-order valence-corrected chi connectivity index (χ4v) is 1.96. The third kappa shape index (κ3) is 1.09. The van der Waals surface area contributed by atoms with Crippen LogP contribution in [0.1, 0.15) is 36.9 Å². The van der Waals surface area contributed by atoms with Crippen LogP contribution in [0.5, 0.6) is 0 Å². The van der Waals surface area contributed by atoms with E-state index in [4.69, 9.17) is 0 Å². The van der Waals surface area contributed by atoms with E-state index in [1.165, 1.54) is 25.0 Å². The molecule has 4 heteroatoms. The number of nitrogens with one attached hydrogen (secondary N) is 1. The Morgan fingerprint density at radius 3 is 2.77 bits per heavy atom. The number of nitrogens with zero attached hydrogens (tertiary/aromatic N) is 3. The third-order valence-corrected chi connectivity index (χ3v) is 3.22. The molecule has 1 N–H and O–H groups in total. The minimum absolute atomic E-state index is 0.651.